The second-order valence-electron chi connectivity index (χ2n) is 6.99. The van der Waals surface area contributed by atoms with Gasteiger partial charge in [-0.3, -0.25) is 0 Å². The standard InChI is InChI=1S/C21H22N2S2/c1-15(17-9-7-16(12-22)8-10-17)11-18-5-4-6-20(19(18)13-23)21(2,3)25-14-24-25/h4-10,15,25H,11,14H2,1-3H3. The highest BCUT2D eigenvalue weighted by Crippen LogP contribution is 2.71. The summed E-state index contributed by atoms with van der Waals surface area (Å²) in [4.78, 5) is 0. The van der Waals surface area contributed by atoms with Crippen molar-refractivity contribution in [2.24, 2.45) is 0 Å². The second kappa shape index (κ2) is 7.16. The maximum Gasteiger partial charge on any atom is 0.0997 e. The SMILES string of the molecule is CC(Cc1cccc(C(C)(C)[SH]2CS2)c1C#N)c1ccc(C#N)cc1. The van der Waals surface area contributed by atoms with Gasteiger partial charge in [-0.2, -0.15) is 20.5 Å². The van der Waals surface area contributed by atoms with Gasteiger partial charge in [-0.1, -0.05) is 37.3 Å². The first-order valence-electron chi connectivity index (χ1n) is 8.40. The van der Waals surface area contributed by atoms with E-state index >= 15 is 0 Å². The predicted molar refractivity (Wildman–Crippen MR) is 109 cm³/mol. The Hall–Kier alpha value is -1.88. The first-order chi connectivity index (χ1) is 12.0. The van der Waals surface area contributed by atoms with Crippen LogP contribution in [0.1, 0.15) is 54.5 Å². The fraction of sp³-hybridized carbons (Fsp3) is 0.333. The Balaban J connectivity index is 1.89. The maximum absolute atomic E-state index is 9.83. The minimum atomic E-state index is -0.0392. The molecule has 2 nitrogen and oxygen atoms in total. The first-order valence-corrected chi connectivity index (χ1v) is 11.5. The van der Waals surface area contributed by atoms with Crippen molar-refractivity contribution in [3.8, 4) is 12.1 Å². The first kappa shape index (κ1) is 17.9. The highest BCUT2D eigenvalue weighted by atomic mass is 33.2. The number of hydrogen-bond donors (Lipinski definition) is 1. The molecule has 0 spiro atoms. The van der Waals surface area contributed by atoms with Gasteiger partial charge >= 0.3 is 0 Å². The van der Waals surface area contributed by atoms with E-state index in [0.29, 0.717) is 11.5 Å². The topological polar surface area (TPSA) is 47.6 Å². The van der Waals surface area contributed by atoms with Crippen LogP contribution in [0.4, 0.5) is 0 Å². The van der Waals surface area contributed by atoms with Crippen LogP contribution in [-0.4, -0.2) is 5.08 Å². The van der Waals surface area contributed by atoms with Gasteiger partial charge in [-0.15, -0.1) is 10.8 Å². The van der Waals surface area contributed by atoms with E-state index in [-0.39, 0.29) is 14.7 Å². The van der Waals surface area contributed by atoms with Crippen molar-refractivity contribution in [3.63, 3.8) is 0 Å². The lowest BCUT2D eigenvalue weighted by Crippen LogP contribution is -2.15. The van der Waals surface area contributed by atoms with Crippen LogP contribution in [0.5, 0.6) is 0 Å². The lowest BCUT2D eigenvalue weighted by atomic mass is 9.87. The summed E-state index contributed by atoms with van der Waals surface area (Å²) < 4.78 is 0.0960. The van der Waals surface area contributed by atoms with E-state index in [1.54, 1.807) is 0 Å². The van der Waals surface area contributed by atoms with Crippen LogP contribution in [0, 0.1) is 22.7 Å². The Morgan fingerprint density at radius 2 is 1.80 bits per heavy atom. The molecule has 3 rings (SSSR count). The van der Waals surface area contributed by atoms with Gasteiger partial charge in [0.1, 0.15) is 0 Å². The van der Waals surface area contributed by atoms with Crippen LogP contribution >= 0.6 is 20.7 Å². The van der Waals surface area contributed by atoms with Gasteiger partial charge in [0, 0.05) is 9.83 Å². The Morgan fingerprint density at radius 1 is 1.12 bits per heavy atom. The fourth-order valence-corrected chi connectivity index (χ4v) is 7.31. The number of nitrogens with zero attached hydrogens (tertiary/aromatic N) is 2. The quantitative estimate of drug-likeness (QED) is 0.424. The molecule has 2 atom stereocenters. The average molecular weight is 367 g/mol. The minimum Gasteiger partial charge on any atom is -0.192 e. The van der Waals surface area contributed by atoms with Crippen LogP contribution in [0.3, 0.4) is 0 Å². The molecule has 25 heavy (non-hydrogen) atoms. The molecular formula is C21H22N2S2. The molecule has 4 heteroatoms. The van der Waals surface area contributed by atoms with Crippen LogP contribution in [0.25, 0.3) is 0 Å². The van der Waals surface area contributed by atoms with Gasteiger partial charge < -0.3 is 0 Å². The molecule has 1 heterocycles. The Bertz CT molecular complexity index is 853. The zero-order chi connectivity index (χ0) is 18.0. The molecule has 0 amide bonds. The maximum atomic E-state index is 9.83. The van der Waals surface area contributed by atoms with Crippen LogP contribution in [0.15, 0.2) is 42.5 Å². The Labute approximate surface area is 156 Å². The number of hydrogen-bond acceptors (Lipinski definition) is 3. The van der Waals surface area contributed by atoms with Gasteiger partial charge in [0.05, 0.1) is 23.3 Å². The Kier molecular flexibility index (Phi) is 5.13. The molecule has 0 N–H and O–H groups in total. The van der Waals surface area contributed by atoms with Gasteiger partial charge in [0.25, 0.3) is 0 Å². The summed E-state index contributed by atoms with van der Waals surface area (Å²) in [5.74, 6) is 0.305. The number of rotatable bonds is 5. The minimum absolute atomic E-state index is 0.0392. The van der Waals surface area contributed by atoms with Crippen LogP contribution < -0.4 is 0 Å². The Morgan fingerprint density at radius 3 is 2.36 bits per heavy atom. The molecule has 2 aromatic rings. The molecule has 0 aromatic heterocycles. The zero-order valence-corrected chi connectivity index (χ0v) is 16.5. The molecule has 1 fully saturated rings. The molecule has 1 saturated heterocycles. The summed E-state index contributed by atoms with van der Waals surface area (Å²) in [7, 11) is 2.00. The van der Waals surface area contributed by atoms with Crippen molar-refractivity contribution in [1.29, 1.82) is 10.5 Å². The fourth-order valence-electron chi connectivity index (χ4n) is 3.23. The van der Waals surface area contributed by atoms with E-state index in [0.717, 1.165) is 17.5 Å². The zero-order valence-electron chi connectivity index (χ0n) is 14.8. The molecule has 1 aliphatic rings. The van der Waals surface area contributed by atoms with Gasteiger partial charge in [0.15, 0.2) is 0 Å². The van der Waals surface area contributed by atoms with Crippen LogP contribution in [0.2, 0.25) is 0 Å². The molecule has 0 saturated carbocycles. The van der Waals surface area contributed by atoms with E-state index in [2.05, 4.69) is 51.1 Å². The summed E-state index contributed by atoms with van der Waals surface area (Å²) >= 11 is 0. The van der Waals surface area contributed by atoms with E-state index in [4.69, 9.17) is 5.26 Å². The van der Waals surface area contributed by atoms with E-state index in [1.807, 2.05) is 35.1 Å². The summed E-state index contributed by atoms with van der Waals surface area (Å²) in [5.41, 5.74) is 5.08. The van der Waals surface area contributed by atoms with Crippen LogP contribution in [-0.2, 0) is 11.2 Å². The van der Waals surface area contributed by atoms with Gasteiger partial charge in [-0.05, 0) is 55.0 Å². The summed E-state index contributed by atoms with van der Waals surface area (Å²) in [6, 6.07) is 18.7. The number of thiol groups is 1. The van der Waals surface area contributed by atoms with E-state index < -0.39 is 0 Å². The van der Waals surface area contributed by atoms with Crippen molar-refractivity contribution in [3.05, 3.63) is 70.3 Å². The van der Waals surface area contributed by atoms with Gasteiger partial charge in [-0.25, -0.2) is 0 Å². The smallest absolute Gasteiger partial charge is 0.0997 e. The average Bonchev–Trinajstić information content (AvgIpc) is 3.47. The second-order valence-corrected chi connectivity index (χ2v) is 12.2. The highest BCUT2D eigenvalue weighted by Gasteiger charge is 2.38. The van der Waals surface area contributed by atoms with Crippen molar-refractivity contribution >= 4 is 20.7 Å². The number of nitriles is 2. The summed E-state index contributed by atoms with van der Waals surface area (Å²) in [5, 5.41) is 20.0. The molecular weight excluding hydrogens is 344 g/mol. The van der Waals surface area contributed by atoms with Crippen molar-refractivity contribution < 1.29 is 0 Å². The largest absolute Gasteiger partial charge is 0.192 e. The molecule has 0 radical (unpaired) electrons. The molecule has 2 unspecified atom stereocenters. The summed E-state index contributed by atoms with van der Waals surface area (Å²) in [6.07, 6.45) is 0.837. The summed E-state index contributed by atoms with van der Waals surface area (Å²) in [6.45, 7) is 6.74. The lowest BCUT2D eigenvalue weighted by molar-refractivity contribution is 0.743. The van der Waals surface area contributed by atoms with Crippen molar-refractivity contribution in [1.82, 2.24) is 0 Å². The van der Waals surface area contributed by atoms with E-state index in [1.165, 1.54) is 16.2 Å². The highest BCUT2D eigenvalue weighted by molar-refractivity contribution is 9.00. The predicted octanol–water partition coefficient (Wildman–Crippen LogP) is 5.63. The third-order valence-electron chi connectivity index (χ3n) is 4.94. The third-order valence-corrected chi connectivity index (χ3v) is 9.86. The van der Waals surface area contributed by atoms with E-state index in [9.17, 15) is 5.26 Å². The molecule has 128 valence electrons. The van der Waals surface area contributed by atoms with Crippen molar-refractivity contribution in [2.45, 2.75) is 37.9 Å². The molecule has 0 aliphatic carbocycles. The lowest BCUT2D eigenvalue weighted by Gasteiger charge is -2.28. The number of benzene rings is 2. The van der Waals surface area contributed by atoms with Gasteiger partial charge in [0.2, 0.25) is 0 Å². The normalized spacial score (nSPS) is 18.8. The monoisotopic (exact) mass is 366 g/mol. The third kappa shape index (κ3) is 3.71. The molecule has 1 aliphatic heterocycles. The molecule has 0 bridgehead atoms. The molecule has 2 aromatic carbocycles. The van der Waals surface area contributed by atoms with Crippen molar-refractivity contribution in [2.75, 3.05) is 5.08 Å².